The van der Waals surface area contributed by atoms with Crippen molar-refractivity contribution >= 4 is 21.6 Å². The van der Waals surface area contributed by atoms with Gasteiger partial charge in [-0.15, -0.1) is 0 Å². The van der Waals surface area contributed by atoms with E-state index in [1.165, 1.54) is 12.1 Å². The summed E-state index contributed by atoms with van der Waals surface area (Å²) in [5.41, 5.74) is 0.819. The summed E-state index contributed by atoms with van der Waals surface area (Å²) in [6, 6.07) is 16.2. The van der Waals surface area contributed by atoms with Gasteiger partial charge in [0, 0.05) is 16.6 Å². The topological polar surface area (TPSA) is 35.8 Å². The molecule has 0 heterocycles. The summed E-state index contributed by atoms with van der Waals surface area (Å²) in [5.74, 6) is -0.288. The molecule has 0 radical (unpaired) electrons. The highest BCUT2D eigenvalue weighted by atomic mass is 79.9. The minimum absolute atomic E-state index is 0.288. The molecule has 0 aliphatic carbocycles. The minimum atomic E-state index is -0.808. The minimum Gasteiger partial charge on any atom is -0.366 e. The molecule has 0 spiro atoms. The zero-order valence-electron chi connectivity index (χ0n) is 11.0. The molecule has 0 aromatic heterocycles. The highest BCUT2D eigenvalue weighted by Crippen LogP contribution is 2.26. The number of anilines is 1. The van der Waals surface area contributed by atoms with E-state index in [0.29, 0.717) is 6.42 Å². The first kappa shape index (κ1) is 14.5. The lowest BCUT2D eigenvalue weighted by Crippen LogP contribution is -2.35. The third kappa shape index (κ3) is 3.58. The molecule has 2 aromatic rings. The van der Waals surface area contributed by atoms with Gasteiger partial charge in [0.1, 0.15) is 11.4 Å². The molecule has 2 nitrogen and oxygen atoms in total. The molecule has 1 atom stereocenters. The maximum Gasteiger partial charge on any atom is 0.126 e. The molecule has 0 aliphatic heterocycles. The fourth-order valence-corrected chi connectivity index (χ4v) is 2.41. The quantitative estimate of drug-likeness (QED) is 0.893. The number of rotatable bonds is 4. The zero-order valence-corrected chi connectivity index (χ0v) is 12.6. The molecular formula is C16H14BrFN2. The fourth-order valence-electron chi connectivity index (χ4n) is 2.03. The first-order valence-electron chi connectivity index (χ1n) is 6.21. The Morgan fingerprint density at radius 2 is 2.00 bits per heavy atom. The maximum absolute atomic E-state index is 13.2. The van der Waals surface area contributed by atoms with Crippen LogP contribution >= 0.6 is 15.9 Å². The van der Waals surface area contributed by atoms with Crippen LogP contribution in [0.5, 0.6) is 0 Å². The van der Waals surface area contributed by atoms with Crippen LogP contribution in [-0.2, 0) is 6.42 Å². The lowest BCUT2D eigenvalue weighted by molar-refractivity contribution is 0.613. The SMILES string of the molecule is CC(C#N)(Cc1cccc(F)c1)Nc1ccccc1Br. The van der Waals surface area contributed by atoms with Crippen molar-refractivity contribution in [2.75, 3.05) is 5.32 Å². The number of nitrogens with one attached hydrogen (secondary N) is 1. The Morgan fingerprint density at radius 1 is 1.25 bits per heavy atom. The van der Waals surface area contributed by atoms with Crippen LogP contribution in [0.15, 0.2) is 53.0 Å². The Labute approximate surface area is 126 Å². The third-order valence-corrected chi connectivity index (χ3v) is 3.67. The van der Waals surface area contributed by atoms with Crippen molar-refractivity contribution in [2.24, 2.45) is 0 Å². The number of halogens is 2. The second kappa shape index (κ2) is 6.06. The van der Waals surface area contributed by atoms with E-state index >= 15 is 0 Å². The Hall–Kier alpha value is -1.86. The van der Waals surface area contributed by atoms with E-state index < -0.39 is 5.54 Å². The molecule has 2 rings (SSSR count). The number of hydrogen-bond acceptors (Lipinski definition) is 2. The largest absolute Gasteiger partial charge is 0.366 e. The van der Waals surface area contributed by atoms with Gasteiger partial charge in [-0.1, -0.05) is 24.3 Å². The molecule has 4 heteroatoms. The van der Waals surface area contributed by atoms with Crippen molar-refractivity contribution in [3.8, 4) is 6.07 Å². The second-order valence-corrected chi connectivity index (χ2v) is 5.71. The van der Waals surface area contributed by atoms with E-state index in [9.17, 15) is 9.65 Å². The average molecular weight is 333 g/mol. The van der Waals surface area contributed by atoms with Crippen LogP contribution in [0.3, 0.4) is 0 Å². The zero-order chi connectivity index (χ0) is 14.6. The highest BCUT2D eigenvalue weighted by Gasteiger charge is 2.25. The highest BCUT2D eigenvalue weighted by molar-refractivity contribution is 9.10. The number of para-hydroxylation sites is 1. The van der Waals surface area contributed by atoms with E-state index in [1.54, 1.807) is 13.0 Å². The average Bonchev–Trinajstić information content (AvgIpc) is 2.41. The first-order chi connectivity index (χ1) is 9.52. The summed E-state index contributed by atoms with van der Waals surface area (Å²) in [5, 5.41) is 12.7. The van der Waals surface area contributed by atoms with Crippen LogP contribution in [-0.4, -0.2) is 5.54 Å². The van der Waals surface area contributed by atoms with Crippen LogP contribution < -0.4 is 5.32 Å². The molecule has 0 saturated heterocycles. The van der Waals surface area contributed by atoms with Crippen LogP contribution in [0.4, 0.5) is 10.1 Å². The van der Waals surface area contributed by atoms with Crippen molar-refractivity contribution in [1.82, 2.24) is 0 Å². The number of hydrogen-bond donors (Lipinski definition) is 1. The molecule has 102 valence electrons. The van der Waals surface area contributed by atoms with Crippen LogP contribution in [0, 0.1) is 17.1 Å². The Kier molecular flexibility index (Phi) is 4.41. The predicted molar refractivity (Wildman–Crippen MR) is 81.9 cm³/mol. The molecule has 1 unspecified atom stereocenters. The van der Waals surface area contributed by atoms with E-state index in [0.717, 1.165) is 15.7 Å². The normalized spacial score (nSPS) is 13.3. The van der Waals surface area contributed by atoms with E-state index in [1.807, 2.05) is 30.3 Å². The van der Waals surface area contributed by atoms with Gasteiger partial charge < -0.3 is 5.32 Å². The summed E-state index contributed by atoms with van der Waals surface area (Å²) in [7, 11) is 0. The van der Waals surface area contributed by atoms with Gasteiger partial charge in [0.25, 0.3) is 0 Å². The predicted octanol–water partition coefficient (Wildman–Crippen LogP) is 4.53. The Morgan fingerprint density at radius 3 is 2.65 bits per heavy atom. The van der Waals surface area contributed by atoms with Crippen LogP contribution in [0.1, 0.15) is 12.5 Å². The molecule has 0 aliphatic rings. The van der Waals surface area contributed by atoms with Gasteiger partial charge in [0.05, 0.1) is 6.07 Å². The third-order valence-electron chi connectivity index (χ3n) is 2.98. The lowest BCUT2D eigenvalue weighted by Gasteiger charge is -2.25. The summed E-state index contributed by atoms with van der Waals surface area (Å²) in [4.78, 5) is 0. The van der Waals surface area contributed by atoms with Gasteiger partial charge in [-0.3, -0.25) is 0 Å². The molecule has 0 bridgehead atoms. The summed E-state index contributed by atoms with van der Waals surface area (Å²) in [6.07, 6.45) is 0.419. The molecular weight excluding hydrogens is 319 g/mol. The second-order valence-electron chi connectivity index (χ2n) is 4.86. The van der Waals surface area contributed by atoms with Crippen molar-refractivity contribution in [1.29, 1.82) is 5.26 Å². The van der Waals surface area contributed by atoms with Crippen molar-refractivity contribution in [2.45, 2.75) is 18.9 Å². The van der Waals surface area contributed by atoms with E-state index in [2.05, 4.69) is 27.3 Å². The first-order valence-corrected chi connectivity index (χ1v) is 7.00. The van der Waals surface area contributed by atoms with E-state index in [-0.39, 0.29) is 5.82 Å². The van der Waals surface area contributed by atoms with Gasteiger partial charge in [-0.25, -0.2) is 4.39 Å². The van der Waals surface area contributed by atoms with Crippen LogP contribution in [0.25, 0.3) is 0 Å². The Bertz CT molecular complexity index is 651. The fraction of sp³-hybridized carbons (Fsp3) is 0.188. The standard InChI is InChI=1S/C16H14BrFN2/c1-16(11-19,10-12-5-4-6-13(18)9-12)20-15-8-3-2-7-14(15)17/h2-9,20H,10H2,1H3. The van der Waals surface area contributed by atoms with Gasteiger partial charge in [-0.2, -0.15) is 5.26 Å². The Balaban J connectivity index is 2.22. The summed E-state index contributed by atoms with van der Waals surface area (Å²) < 4.78 is 14.1. The number of nitriles is 1. The van der Waals surface area contributed by atoms with E-state index in [4.69, 9.17) is 0 Å². The van der Waals surface area contributed by atoms with Gasteiger partial charge in [0.2, 0.25) is 0 Å². The van der Waals surface area contributed by atoms with Crippen LogP contribution in [0.2, 0.25) is 0 Å². The number of benzene rings is 2. The van der Waals surface area contributed by atoms with Crippen molar-refractivity contribution in [3.05, 3.63) is 64.4 Å². The smallest absolute Gasteiger partial charge is 0.126 e. The summed E-state index contributed by atoms with van der Waals surface area (Å²) >= 11 is 3.44. The molecule has 2 aromatic carbocycles. The molecule has 0 saturated carbocycles. The molecule has 20 heavy (non-hydrogen) atoms. The number of nitrogens with zero attached hydrogens (tertiary/aromatic N) is 1. The van der Waals surface area contributed by atoms with Crippen molar-refractivity contribution < 1.29 is 4.39 Å². The monoisotopic (exact) mass is 332 g/mol. The lowest BCUT2D eigenvalue weighted by atomic mass is 9.94. The van der Waals surface area contributed by atoms with Gasteiger partial charge in [-0.05, 0) is 52.7 Å². The molecule has 0 amide bonds. The maximum atomic E-state index is 13.2. The summed E-state index contributed by atoms with van der Waals surface area (Å²) in [6.45, 7) is 1.80. The van der Waals surface area contributed by atoms with Crippen molar-refractivity contribution in [3.63, 3.8) is 0 Å². The van der Waals surface area contributed by atoms with Gasteiger partial charge >= 0.3 is 0 Å². The molecule has 0 fully saturated rings. The molecule has 1 N–H and O–H groups in total. The van der Waals surface area contributed by atoms with Gasteiger partial charge in [0.15, 0.2) is 0 Å².